The molecule has 0 atom stereocenters. The second kappa shape index (κ2) is 15.1. The van der Waals surface area contributed by atoms with Crippen molar-refractivity contribution in [2.24, 2.45) is 0 Å². The minimum atomic E-state index is -0.125. The largest absolute Gasteiger partial charge is 0.310 e. The van der Waals surface area contributed by atoms with E-state index in [4.69, 9.17) is 0 Å². The van der Waals surface area contributed by atoms with Gasteiger partial charge >= 0.3 is 0 Å². The molecule has 340 valence electrons. The maximum Gasteiger partial charge on any atom is 0.0468 e. The molecule has 15 rings (SSSR count). The first kappa shape index (κ1) is 41.5. The van der Waals surface area contributed by atoms with Crippen molar-refractivity contribution in [1.29, 1.82) is 0 Å². The molecule has 1 aromatic heterocycles. The first-order valence-corrected chi connectivity index (χ1v) is 26.1. The van der Waals surface area contributed by atoms with Crippen LogP contribution in [0.2, 0.25) is 0 Å². The van der Waals surface area contributed by atoms with E-state index < -0.39 is 0 Å². The summed E-state index contributed by atoms with van der Waals surface area (Å²) in [7, 11) is 0. The predicted molar refractivity (Wildman–Crippen MR) is 310 cm³/mol. The van der Waals surface area contributed by atoms with Gasteiger partial charge in [-0.1, -0.05) is 179 Å². The van der Waals surface area contributed by atoms with Gasteiger partial charge in [-0.25, -0.2) is 0 Å². The molecule has 1 nitrogen and oxygen atoms in total. The van der Waals surface area contributed by atoms with Crippen LogP contribution in [0.25, 0.3) is 108 Å². The lowest BCUT2D eigenvalue weighted by Crippen LogP contribution is -2.18. The fourth-order valence-corrected chi connectivity index (χ4v) is 14.1. The fourth-order valence-electron chi connectivity index (χ4n) is 13.0. The highest BCUT2D eigenvalue weighted by molar-refractivity contribution is 7.25. The molecule has 0 unspecified atom stereocenters. The second-order valence-corrected chi connectivity index (χ2v) is 22.3. The van der Waals surface area contributed by atoms with Gasteiger partial charge < -0.3 is 4.90 Å². The first-order valence-electron chi connectivity index (χ1n) is 25.3. The minimum Gasteiger partial charge on any atom is -0.310 e. The lowest BCUT2D eigenvalue weighted by atomic mass is 9.82. The summed E-state index contributed by atoms with van der Waals surface area (Å²) in [6.45, 7) is 9.51. The summed E-state index contributed by atoms with van der Waals surface area (Å²) >= 11 is 1.88. The molecular formula is C70H49NS. The van der Waals surface area contributed by atoms with Crippen molar-refractivity contribution in [2.75, 3.05) is 4.90 Å². The summed E-state index contributed by atoms with van der Waals surface area (Å²) in [5.74, 6) is 0. The van der Waals surface area contributed by atoms with Crippen molar-refractivity contribution in [2.45, 2.75) is 38.5 Å². The topological polar surface area (TPSA) is 3.24 Å². The predicted octanol–water partition coefficient (Wildman–Crippen LogP) is 20.1. The van der Waals surface area contributed by atoms with Crippen molar-refractivity contribution in [3.05, 3.63) is 247 Å². The summed E-state index contributed by atoms with van der Waals surface area (Å²) in [6, 6.07) is 85.1. The Bertz CT molecular complexity index is 4360. The number of rotatable bonds is 5. The average Bonchev–Trinajstić information content (AvgIpc) is 3.98. The third-order valence-electron chi connectivity index (χ3n) is 16.6. The van der Waals surface area contributed by atoms with Crippen LogP contribution in [-0.4, -0.2) is 0 Å². The molecular weight excluding hydrogens is 887 g/mol. The van der Waals surface area contributed by atoms with Crippen LogP contribution in [0.4, 0.5) is 17.1 Å². The summed E-state index contributed by atoms with van der Waals surface area (Å²) in [5, 5.41) is 12.6. The Morgan fingerprint density at radius 3 is 1.35 bits per heavy atom. The second-order valence-electron chi connectivity index (χ2n) is 21.2. The van der Waals surface area contributed by atoms with Gasteiger partial charge in [0, 0.05) is 48.1 Å². The van der Waals surface area contributed by atoms with Crippen molar-refractivity contribution >= 4 is 91.7 Å². The van der Waals surface area contributed by atoms with E-state index in [1.807, 2.05) is 11.3 Å². The van der Waals surface area contributed by atoms with Gasteiger partial charge in [0.15, 0.2) is 0 Å². The molecule has 0 amide bonds. The molecule has 2 heteroatoms. The Hall–Kier alpha value is -8.30. The monoisotopic (exact) mass is 935 g/mol. The van der Waals surface area contributed by atoms with E-state index in [-0.39, 0.29) is 10.8 Å². The van der Waals surface area contributed by atoms with Crippen LogP contribution in [-0.2, 0) is 10.8 Å². The quantitative estimate of drug-likeness (QED) is 0.155. The maximum atomic E-state index is 2.49. The van der Waals surface area contributed by atoms with Crippen molar-refractivity contribution in [3.63, 3.8) is 0 Å². The molecule has 0 radical (unpaired) electrons. The smallest absolute Gasteiger partial charge is 0.0468 e. The van der Waals surface area contributed by atoms with E-state index in [1.165, 1.54) is 130 Å². The fraction of sp³-hybridized carbons (Fsp3) is 0.0857. The Labute approximate surface area is 423 Å². The Morgan fingerprint density at radius 2 is 0.722 bits per heavy atom. The summed E-state index contributed by atoms with van der Waals surface area (Å²) < 4.78 is 2.65. The molecule has 2 aliphatic carbocycles. The van der Waals surface area contributed by atoms with Gasteiger partial charge in [0.05, 0.1) is 0 Å². The van der Waals surface area contributed by atoms with Gasteiger partial charge in [0.2, 0.25) is 0 Å². The summed E-state index contributed by atoms with van der Waals surface area (Å²) in [5.41, 5.74) is 19.1. The van der Waals surface area contributed by atoms with E-state index in [0.29, 0.717) is 0 Å². The Balaban J connectivity index is 0.911. The molecule has 13 aromatic rings. The number of fused-ring (bicyclic) bond motifs is 13. The first-order chi connectivity index (χ1) is 35.2. The van der Waals surface area contributed by atoms with Crippen molar-refractivity contribution < 1.29 is 0 Å². The van der Waals surface area contributed by atoms with E-state index in [1.54, 1.807) is 0 Å². The number of benzene rings is 12. The lowest BCUT2D eigenvalue weighted by molar-refractivity contribution is 0.660. The molecule has 0 aliphatic heterocycles. The van der Waals surface area contributed by atoms with Crippen LogP contribution in [0.1, 0.15) is 49.9 Å². The molecule has 0 saturated heterocycles. The number of thiophene rings is 1. The van der Waals surface area contributed by atoms with Crippen LogP contribution in [0.15, 0.2) is 224 Å². The van der Waals surface area contributed by atoms with Crippen LogP contribution >= 0.6 is 11.3 Å². The average molecular weight is 936 g/mol. The van der Waals surface area contributed by atoms with E-state index >= 15 is 0 Å². The summed E-state index contributed by atoms with van der Waals surface area (Å²) in [4.78, 5) is 2.49. The number of nitrogens with zero attached hydrogens (tertiary/aromatic N) is 1. The van der Waals surface area contributed by atoms with Gasteiger partial charge in [-0.2, -0.15) is 0 Å². The molecule has 0 saturated carbocycles. The molecule has 72 heavy (non-hydrogen) atoms. The van der Waals surface area contributed by atoms with E-state index in [2.05, 4.69) is 257 Å². The summed E-state index contributed by atoms with van der Waals surface area (Å²) in [6.07, 6.45) is 0. The maximum absolute atomic E-state index is 2.49. The lowest BCUT2D eigenvalue weighted by Gasteiger charge is -2.30. The zero-order valence-electron chi connectivity index (χ0n) is 40.7. The van der Waals surface area contributed by atoms with Gasteiger partial charge in [-0.3, -0.25) is 0 Å². The molecule has 1 heterocycles. The van der Waals surface area contributed by atoms with Gasteiger partial charge in [-0.05, 0) is 183 Å². The van der Waals surface area contributed by atoms with Crippen LogP contribution in [0.3, 0.4) is 0 Å². The normalized spacial score (nSPS) is 14.1. The van der Waals surface area contributed by atoms with Gasteiger partial charge in [-0.15, -0.1) is 11.3 Å². The van der Waals surface area contributed by atoms with E-state index in [0.717, 1.165) is 17.1 Å². The highest BCUT2D eigenvalue weighted by Crippen LogP contribution is 2.54. The molecule has 0 spiro atoms. The van der Waals surface area contributed by atoms with Gasteiger partial charge in [0.25, 0.3) is 0 Å². The van der Waals surface area contributed by atoms with Crippen molar-refractivity contribution in [1.82, 2.24) is 0 Å². The highest BCUT2D eigenvalue weighted by atomic mass is 32.1. The number of hydrogen-bond acceptors (Lipinski definition) is 2. The van der Waals surface area contributed by atoms with Gasteiger partial charge in [0.1, 0.15) is 0 Å². The molecule has 0 N–H and O–H groups in total. The zero-order chi connectivity index (χ0) is 48.0. The van der Waals surface area contributed by atoms with E-state index in [9.17, 15) is 0 Å². The minimum absolute atomic E-state index is 0.125. The number of hydrogen-bond donors (Lipinski definition) is 0. The molecule has 0 bridgehead atoms. The molecule has 12 aromatic carbocycles. The highest BCUT2D eigenvalue weighted by Gasteiger charge is 2.38. The third-order valence-corrected chi connectivity index (χ3v) is 17.7. The third kappa shape index (κ3) is 5.94. The van der Waals surface area contributed by atoms with Crippen LogP contribution < -0.4 is 4.90 Å². The SMILES string of the molecule is CC1(C)c2ccccc2-c2ccc(N(c3ccc4c(c3)C(C)(C)c3ccccc3-4)c3ccc4cc(-c5c6ccccc6c(-c6ccc7sc8ccccc8c7c6)c6cc7ccccc7cc56)ccc4c3)cc21. The Morgan fingerprint density at radius 1 is 0.292 bits per heavy atom. The Kier molecular flexibility index (Phi) is 8.70. The molecule has 2 aliphatic rings. The standard InChI is InChI=1S/C70H49NS/c1-69(2)61-22-12-9-17-51(61)53-32-30-49(40-63(53)69)71(50-31-33-54-52-18-10-13-23-62(52)70(3,4)64(54)41-50)48-29-27-44-35-46(26-25-45(44)36-48)67-56-20-7-8-21-57(56)68(60-38-43-16-6-5-15-42(43)37-59(60)67)47-28-34-66-58(39-47)55-19-11-14-24-65(55)72-66/h5-41H,1-4H3. The van der Waals surface area contributed by atoms with Crippen molar-refractivity contribution in [3.8, 4) is 44.5 Å². The number of anilines is 3. The van der Waals surface area contributed by atoms with Crippen LogP contribution in [0.5, 0.6) is 0 Å². The van der Waals surface area contributed by atoms with Crippen LogP contribution in [0, 0.1) is 0 Å². The molecule has 0 fully saturated rings. The zero-order valence-corrected chi connectivity index (χ0v) is 41.5.